The van der Waals surface area contributed by atoms with Gasteiger partial charge in [0.15, 0.2) is 0 Å². The number of hydrogen-bond donors (Lipinski definition) is 1. The van der Waals surface area contributed by atoms with Crippen LogP contribution in [-0.4, -0.2) is 34.0 Å². The number of methoxy groups -OCH3 is 1. The summed E-state index contributed by atoms with van der Waals surface area (Å²) in [7, 11) is 3.64. The molecule has 0 amide bonds. The van der Waals surface area contributed by atoms with Gasteiger partial charge in [-0.2, -0.15) is 0 Å². The fourth-order valence-corrected chi connectivity index (χ4v) is 2.52. The lowest BCUT2D eigenvalue weighted by molar-refractivity contribution is 0.0495. The first-order valence-electron chi connectivity index (χ1n) is 7.31. The van der Waals surface area contributed by atoms with E-state index in [1.54, 1.807) is 7.11 Å². The van der Waals surface area contributed by atoms with Crippen LogP contribution in [0.25, 0.3) is 0 Å². The molecule has 1 fully saturated rings. The molecule has 0 aromatic heterocycles. The van der Waals surface area contributed by atoms with E-state index in [2.05, 4.69) is 12.2 Å². The van der Waals surface area contributed by atoms with Gasteiger partial charge in [-0.1, -0.05) is 6.07 Å². The van der Waals surface area contributed by atoms with Crippen LogP contribution in [-0.2, 0) is 4.74 Å². The molecule has 0 radical (unpaired) electrons. The fraction of sp³-hybridized carbons (Fsp3) is 0.625. The lowest BCUT2D eigenvalue weighted by atomic mass is 10.0. The van der Waals surface area contributed by atoms with Gasteiger partial charge in [0.25, 0.3) is 0 Å². The molecule has 0 spiro atoms. The first kappa shape index (κ1) is 15.1. The molecule has 0 aliphatic carbocycles. The maximum atomic E-state index is 6.07. The molecule has 1 unspecified atom stereocenters. The van der Waals surface area contributed by atoms with E-state index in [1.165, 1.54) is 0 Å². The van der Waals surface area contributed by atoms with Crippen LogP contribution in [0.5, 0.6) is 11.5 Å². The van der Waals surface area contributed by atoms with Crippen LogP contribution in [0.3, 0.4) is 0 Å². The maximum Gasteiger partial charge on any atom is 0.127 e. The van der Waals surface area contributed by atoms with E-state index in [9.17, 15) is 0 Å². The SMILES string of the molecule is CNC(C)c1c(OC)cccc1OCC1CCOCC1. The van der Waals surface area contributed by atoms with Crippen molar-refractivity contribution in [3.05, 3.63) is 23.8 Å². The first-order valence-corrected chi connectivity index (χ1v) is 7.31. The highest BCUT2D eigenvalue weighted by Gasteiger charge is 2.19. The van der Waals surface area contributed by atoms with Crippen molar-refractivity contribution in [2.45, 2.75) is 25.8 Å². The number of benzene rings is 1. The van der Waals surface area contributed by atoms with E-state index in [0.717, 1.165) is 49.7 Å². The molecule has 0 saturated carbocycles. The third-order valence-electron chi connectivity index (χ3n) is 3.93. The van der Waals surface area contributed by atoms with Gasteiger partial charge < -0.3 is 19.5 Å². The van der Waals surface area contributed by atoms with Crippen molar-refractivity contribution in [2.24, 2.45) is 5.92 Å². The molecular weight excluding hydrogens is 254 g/mol. The molecular formula is C16H25NO3. The Balaban J connectivity index is 2.09. The zero-order valence-electron chi connectivity index (χ0n) is 12.6. The second-order valence-corrected chi connectivity index (χ2v) is 5.25. The molecule has 20 heavy (non-hydrogen) atoms. The lowest BCUT2D eigenvalue weighted by Crippen LogP contribution is -2.22. The minimum Gasteiger partial charge on any atom is -0.496 e. The summed E-state index contributed by atoms with van der Waals surface area (Å²) in [6, 6.07) is 6.16. The average Bonchev–Trinajstić information content (AvgIpc) is 2.52. The third kappa shape index (κ3) is 3.64. The number of nitrogens with one attached hydrogen (secondary N) is 1. The van der Waals surface area contributed by atoms with Gasteiger partial charge in [-0.05, 0) is 44.9 Å². The Morgan fingerprint density at radius 2 is 2.00 bits per heavy atom. The molecule has 1 aliphatic heterocycles. The summed E-state index contributed by atoms with van der Waals surface area (Å²) in [5, 5.41) is 3.25. The predicted octanol–water partition coefficient (Wildman–Crippen LogP) is 2.78. The quantitative estimate of drug-likeness (QED) is 0.869. The van der Waals surface area contributed by atoms with Gasteiger partial charge in [-0.3, -0.25) is 0 Å². The van der Waals surface area contributed by atoms with Crippen molar-refractivity contribution in [1.29, 1.82) is 0 Å². The second kappa shape index (κ2) is 7.50. The number of rotatable bonds is 6. The summed E-state index contributed by atoms with van der Waals surface area (Å²) in [6.07, 6.45) is 2.17. The van der Waals surface area contributed by atoms with E-state index in [4.69, 9.17) is 14.2 Å². The van der Waals surface area contributed by atoms with E-state index < -0.39 is 0 Å². The van der Waals surface area contributed by atoms with Crippen molar-refractivity contribution in [1.82, 2.24) is 5.32 Å². The van der Waals surface area contributed by atoms with Gasteiger partial charge in [-0.15, -0.1) is 0 Å². The van der Waals surface area contributed by atoms with E-state index in [0.29, 0.717) is 5.92 Å². The fourth-order valence-electron chi connectivity index (χ4n) is 2.52. The zero-order chi connectivity index (χ0) is 14.4. The normalized spacial score (nSPS) is 17.8. The molecule has 0 bridgehead atoms. The summed E-state index contributed by atoms with van der Waals surface area (Å²) >= 11 is 0. The summed E-state index contributed by atoms with van der Waals surface area (Å²) in [5.74, 6) is 2.38. The second-order valence-electron chi connectivity index (χ2n) is 5.25. The lowest BCUT2D eigenvalue weighted by Gasteiger charge is -2.24. The van der Waals surface area contributed by atoms with Gasteiger partial charge in [0.1, 0.15) is 11.5 Å². The van der Waals surface area contributed by atoms with Crippen LogP contribution in [0.2, 0.25) is 0 Å². The van der Waals surface area contributed by atoms with Gasteiger partial charge in [-0.25, -0.2) is 0 Å². The summed E-state index contributed by atoms with van der Waals surface area (Å²) in [6.45, 7) is 4.57. The van der Waals surface area contributed by atoms with Gasteiger partial charge in [0.05, 0.1) is 19.3 Å². The van der Waals surface area contributed by atoms with Crippen LogP contribution in [0.4, 0.5) is 0 Å². The molecule has 112 valence electrons. The van der Waals surface area contributed by atoms with Gasteiger partial charge in [0.2, 0.25) is 0 Å². The highest BCUT2D eigenvalue weighted by Crippen LogP contribution is 2.34. The Morgan fingerprint density at radius 1 is 1.30 bits per heavy atom. The van der Waals surface area contributed by atoms with Crippen molar-refractivity contribution < 1.29 is 14.2 Å². The Labute approximate surface area is 121 Å². The van der Waals surface area contributed by atoms with Crippen LogP contribution < -0.4 is 14.8 Å². The topological polar surface area (TPSA) is 39.7 Å². The molecule has 2 rings (SSSR count). The summed E-state index contributed by atoms with van der Waals surface area (Å²) < 4.78 is 16.9. The summed E-state index contributed by atoms with van der Waals surface area (Å²) in [5.41, 5.74) is 1.09. The Morgan fingerprint density at radius 3 is 2.65 bits per heavy atom. The van der Waals surface area contributed by atoms with Gasteiger partial charge >= 0.3 is 0 Å². The minimum absolute atomic E-state index is 0.191. The molecule has 1 heterocycles. The van der Waals surface area contributed by atoms with E-state index in [1.807, 2.05) is 25.2 Å². The molecule has 1 N–H and O–H groups in total. The van der Waals surface area contributed by atoms with Crippen molar-refractivity contribution in [3.63, 3.8) is 0 Å². The first-order chi connectivity index (χ1) is 9.76. The highest BCUT2D eigenvalue weighted by molar-refractivity contribution is 5.46. The average molecular weight is 279 g/mol. The predicted molar refractivity (Wildman–Crippen MR) is 79.5 cm³/mol. The summed E-state index contributed by atoms with van der Waals surface area (Å²) in [4.78, 5) is 0. The molecule has 4 nitrogen and oxygen atoms in total. The molecule has 1 aromatic carbocycles. The Bertz CT molecular complexity index is 416. The number of hydrogen-bond acceptors (Lipinski definition) is 4. The molecule has 1 saturated heterocycles. The van der Waals surface area contributed by atoms with Crippen molar-refractivity contribution in [3.8, 4) is 11.5 Å². The van der Waals surface area contributed by atoms with Crippen LogP contribution in [0.15, 0.2) is 18.2 Å². The van der Waals surface area contributed by atoms with Gasteiger partial charge in [0, 0.05) is 19.3 Å². The molecule has 4 heteroatoms. The van der Waals surface area contributed by atoms with Crippen molar-refractivity contribution >= 4 is 0 Å². The Hall–Kier alpha value is -1.26. The smallest absolute Gasteiger partial charge is 0.127 e. The van der Waals surface area contributed by atoms with Crippen LogP contribution in [0.1, 0.15) is 31.4 Å². The standard InChI is InChI=1S/C16H25NO3/c1-12(17-2)16-14(18-3)5-4-6-15(16)20-11-13-7-9-19-10-8-13/h4-6,12-13,17H,7-11H2,1-3H3. The van der Waals surface area contributed by atoms with E-state index in [-0.39, 0.29) is 6.04 Å². The monoisotopic (exact) mass is 279 g/mol. The molecule has 1 aromatic rings. The molecule has 1 atom stereocenters. The zero-order valence-corrected chi connectivity index (χ0v) is 12.6. The maximum absolute atomic E-state index is 6.07. The minimum atomic E-state index is 0.191. The van der Waals surface area contributed by atoms with Crippen LogP contribution >= 0.6 is 0 Å². The van der Waals surface area contributed by atoms with E-state index >= 15 is 0 Å². The van der Waals surface area contributed by atoms with Crippen LogP contribution in [0, 0.1) is 5.92 Å². The third-order valence-corrected chi connectivity index (χ3v) is 3.93. The molecule has 1 aliphatic rings. The highest BCUT2D eigenvalue weighted by atomic mass is 16.5. The Kier molecular flexibility index (Phi) is 5.68. The van der Waals surface area contributed by atoms with Crippen molar-refractivity contribution in [2.75, 3.05) is 34.0 Å². The largest absolute Gasteiger partial charge is 0.496 e. The number of ether oxygens (including phenoxy) is 3.